The molecule has 0 aromatic carbocycles. The van der Waals surface area contributed by atoms with Crippen LogP contribution in [0, 0.1) is 0 Å². The van der Waals surface area contributed by atoms with Crippen LogP contribution < -0.4 is 5.32 Å². The molecule has 1 aromatic rings. The summed E-state index contributed by atoms with van der Waals surface area (Å²) in [6, 6.07) is 2.21. The van der Waals surface area contributed by atoms with E-state index in [9.17, 15) is 0 Å². The van der Waals surface area contributed by atoms with Crippen LogP contribution in [0.2, 0.25) is 0 Å². The highest BCUT2D eigenvalue weighted by Crippen LogP contribution is 2.29. The van der Waals surface area contributed by atoms with E-state index in [0.717, 1.165) is 18.6 Å². The summed E-state index contributed by atoms with van der Waals surface area (Å²) in [5, 5.41) is 8.24. The molecular weight excluding hydrogens is 308 g/mol. The van der Waals surface area contributed by atoms with Crippen molar-refractivity contribution in [2.45, 2.75) is 97.2 Å². The van der Waals surface area contributed by atoms with Crippen LogP contribution in [0.5, 0.6) is 0 Å². The van der Waals surface area contributed by atoms with Gasteiger partial charge in [-0.15, -0.1) is 0 Å². The number of nitrogens with one attached hydrogen (secondary N) is 1. The van der Waals surface area contributed by atoms with Crippen molar-refractivity contribution >= 4 is 0 Å². The lowest BCUT2D eigenvalue weighted by Crippen LogP contribution is -2.45. The second kappa shape index (κ2) is 10.3. The molecule has 1 aliphatic heterocycles. The average molecular weight is 349 g/mol. The van der Waals surface area contributed by atoms with Crippen molar-refractivity contribution in [3.05, 3.63) is 18.0 Å². The monoisotopic (exact) mass is 348 g/mol. The van der Waals surface area contributed by atoms with Crippen molar-refractivity contribution in [3.63, 3.8) is 0 Å². The fraction of sp³-hybridized carbons (Fsp3) is 0.857. The van der Waals surface area contributed by atoms with Crippen LogP contribution in [0.1, 0.15) is 90.7 Å². The van der Waals surface area contributed by atoms with Gasteiger partial charge in [-0.2, -0.15) is 5.10 Å². The predicted octanol–water partition coefficient (Wildman–Crippen LogP) is 4.59. The number of piperidine rings is 1. The lowest BCUT2D eigenvalue weighted by atomic mass is 9.88. The third kappa shape index (κ3) is 5.55. The van der Waals surface area contributed by atoms with Gasteiger partial charge in [0.1, 0.15) is 0 Å². The van der Waals surface area contributed by atoms with E-state index in [1.807, 2.05) is 13.8 Å². The van der Waals surface area contributed by atoms with Gasteiger partial charge < -0.3 is 10.2 Å². The molecule has 4 nitrogen and oxygen atoms in total. The van der Waals surface area contributed by atoms with Crippen molar-refractivity contribution in [2.75, 3.05) is 19.6 Å². The van der Waals surface area contributed by atoms with Gasteiger partial charge in [0.05, 0.1) is 12.2 Å². The molecule has 0 bridgehead atoms. The predicted molar refractivity (Wildman–Crippen MR) is 107 cm³/mol. The Balaban J connectivity index is 0.00000109. The van der Waals surface area contributed by atoms with E-state index in [0.29, 0.717) is 12.0 Å². The van der Waals surface area contributed by atoms with Gasteiger partial charge in [0.2, 0.25) is 0 Å². The highest BCUT2D eigenvalue weighted by molar-refractivity contribution is 5.09. The number of aromatic nitrogens is 2. The van der Waals surface area contributed by atoms with E-state index >= 15 is 0 Å². The quantitative estimate of drug-likeness (QED) is 0.845. The van der Waals surface area contributed by atoms with Crippen LogP contribution in [0.15, 0.2) is 12.4 Å². The first kappa shape index (κ1) is 20.4. The third-order valence-corrected chi connectivity index (χ3v) is 5.87. The Hall–Kier alpha value is -0.870. The van der Waals surface area contributed by atoms with Crippen LogP contribution >= 0.6 is 0 Å². The Morgan fingerprint density at radius 1 is 1.04 bits per heavy atom. The molecule has 0 unspecified atom stereocenters. The maximum atomic E-state index is 4.62. The van der Waals surface area contributed by atoms with Gasteiger partial charge >= 0.3 is 0 Å². The largest absolute Gasteiger partial charge is 0.314 e. The summed E-state index contributed by atoms with van der Waals surface area (Å²) in [5.41, 5.74) is 1.37. The highest BCUT2D eigenvalue weighted by atomic mass is 15.3. The molecule has 2 aliphatic rings. The fourth-order valence-electron chi connectivity index (χ4n) is 4.30. The molecule has 0 amide bonds. The van der Waals surface area contributed by atoms with Crippen molar-refractivity contribution < 1.29 is 0 Å². The fourth-order valence-corrected chi connectivity index (χ4v) is 4.30. The summed E-state index contributed by atoms with van der Waals surface area (Å²) in [6.07, 6.45) is 12.3. The zero-order chi connectivity index (χ0) is 18.2. The van der Waals surface area contributed by atoms with Gasteiger partial charge in [-0.05, 0) is 56.6 Å². The first-order chi connectivity index (χ1) is 12.2. The van der Waals surface area contributed by atoms with Gasteiger partial charge in [0, 0.05) is 31.4 Å². The highest BCUT2D eigenvalue weighted by Gasteiger charge is 2.29. The Morgan fingerprint density at radius 2 is 1.68 bits per heavy atom. The summed E-state index contributed by atoms with van der Waals surface area (Å²) < 4.78 is 2.23. The van der Waals surface area contributed by atoms with Crippen molar-refractivity contribution in [2.24, 2.45) is 0 Å². The molecule has 1 N–H and O–H groups in total. The zero-order valence-electron chi connectivity index (χ0n) is 17.2. The number of hydrogen-bond acceptors (Lipinski definition) is 3. The lowest BCUT2D eigenvalue weighted by molar-refractivity contribution is 0.0988. The summed E-state index contributed by atoms with van der Waals surface area (Å²) >= 11 is 0. The zero-order valence-corrected chi connectivity index (χ0v) is 17.2. The van der Waals surface area contributed by atoms with Gasteiger partial charge in [-0.25, -0.2) is 0 Å². The summed E-state index contributed by atoms with van der Waals surface area (Å²) in [7, 11) is 0. The maximum absolute atomic E-state index is 4.62. The Bertz CT molecular complexity index is 466. The van der Waals surface area contributed by atoms with Gasteiger partial charge in [-0.1, -0.05) is 34.6 Å². The molecular formula is C21H40N4. The van der Waals surface area contributed by atoms with E-state index in [1.54, 1.807) is 0 Å². The topological polar surface area (TPSA) is 33.1 Å². The minimum absolute atomic E-state index is 0.579. The molecule has 0 radical (unpaired) electrons. The molecule has 25 heavy (non-hydrogen) atoms. The van der Waals surface area contributed by atoms with Crippen molar-refractivity contribution in [3.8, 4) is 0 Å². The smallest absolute Gasteiger partial charge is 0.0543 e. The molecule has 4 heteroatoms. The van der Waals surface area contributed by atoms with E-state index < -0.39 is 0 Å². The van der Waals surface area contributed by atoms with Gasteiger partial charge in [0.25, 0.3) is 0 Å². The second-order valence-electron chi connectivity index (χ2n) is 7.74. The normalized spacial score (nSPS) is 25.7. The summed E-state index contributed by atoms with van der Waals surface area (Å²) in [4.78, 5) is 2.76. The molecule has 0 spiro atoms. The minimum atomic E-state index is 0.579. The molecule has 1 saturated heterocycles. The SMILES string of the molecule is CC.CCNC1CCC(N2CCC(n3cc(C(C)C)cn3)CC2)CC1. The van der Waals surface area contributed by atoms with Crippen LogP contribution in [-0.2, 0) is 0 Å². The number of rotatable bonds is 5. The second-order valence-corrected chi connectivity index (χ2v) is 7.74. The number of hydrogen-bond donors (Lipinski definition) is 1. The first-order valence-corrected chi connectivity index (χ1v) is 10.7. The number of nitrogens with zero attached hydrogens (tertiary/aromatic N) is 3. The molecule has 1 saturated carbocycles. The van der Waals surface area contributed by atoms with Gasteiger partial charge in [0.15, 0.2) is 0 Å². The molecule has 1 aliphatic carbocycles. The molecule has 144 valence electrons. The Morgan fingerprint density at radius 3 is 2.20 bits per heavy atom. The van der Waals surface area contributed by atoms with E-state index in [2.05, 4.69) is 53.2 Å². The lowest BCUT2D eigenvalue weighted by Gasteiger charge is -2.41. The third-order valence-electron chi connectivity index (χ3n) is 5.87. The van der Waals surface area contributed by atoms with Crippen molar-refractivity contribution in [1.29, 1.82) is 0 Å². The molecule has 2 fully saturated rings. The number of likely N-dealkylation sites (tertiary alicyclic amines) is 1. The maximum Gasteiger partial charge on any atom is 0.0543 e. The average Bonchev–Trinajstić information content (AvgIpc) is 3.15. The van der Waals surface area contributed by atoms with E-state index in [1.165, 1.54) is 57.2 Å². The molecule has 3 rings (SSSR count). The van der Waals surface area contributed by atoms with Crippen LogP contribution in [-0.4, -0.2) is 46.4 Å². The van der Waals surface area contributed by atoms with Crippen LogP contribution in [0.4, 0.5) is 0 Å². The standard InChI is InChI=1S/C19H34N4.C2H6/c1-4-20-17-5-7-18(8-6-17)22-11-9-19(10-12-22)23-14-16(13-21-23)15(2)3;1-2/h13-15,17-20H,4-12H2,1-3H3;1-2H3. The van der Waals surface area contributed by atoms with Crippen LogP contribution in [0.3, 0.4) is 0 Å². The minimum Gasteiger partial charge on any atom is -0.314 e. The molecule has 2 heterocycles. The first-order valence-electron chi connectivity index (χ1n) is 10.7. The van der Waals surface area contributed by atoms with E-state index in [-0.39, 0.29) is 0 Å². The Kier molecular flexibility index (Phi) is 8.44. The van der Waals surface area contributed by atoms with Gasteiger partial charge in [-0.3, -0.25) is 4.68 Å². The summed E-state index contributed by atoms with van der Waals surface area (Å²) in [5.74, 6) is 0.579. The molecule has 0 atom stereocenters. The van der Waals surface area contributed by atoms with Crippen LogP contribution in [0.25, 0.3) is 0 Å². The van der Waals surface area contributed by atoms with E-state index in [4.69, 9.17) is 0 Å². The molecule has 1 aromatic heterocycles. The van der Waals surface area contributed by atoms with Crippen molar-refractivity contribution in [1.82, 2.24) is 20.0 Å². The Labute approximate surface area is 155 Å². The summed E-state index contributed by atoms with van der Waals surface area (Å²) in [6.45, 7) is 14.3.